The van der Waals surface area contributed by atoms with Crippen molar-refractivity contribution in [2.45, 2.75) is 5.79 Å². The van der Waals surface area contributed by atoms with Crippen LogP contribution in [0.5, 0.6) is 0 Å². The van der Waals surface area contributed by atoms with E-state index in [1.165, 1.54) is 0 Å². The minimum absolute atomic E-state index is 0.351. The van der Waals surface area contributed by atoms with Gasteiger partial charge in [0.05, 0.1) is 6.54 Å². The summed E-state index contributed by atoms with van der Waals surface area (Å²) in [5.74, 6) is 6.22. The van der Waals surface area contributed by atoms with E-state index in [2.05, 4.69) is 31.4 Å². The second-order valence-electron chi connectivity index (χ2n) is 4.86. The summed E-state index contributed by atoms with van der Waals surface area (Å²) in [6.07, 6.45) is 0. The van der Waals surface area contributed by atoms with Gasteiger partial charge in [-0.05, 0) is 62.3 Å². The molecule has 0 atom stereocenters. The van der Waals surface area contributed by atoms with Gasteiger partial charge in [0.2, 0.25) is 0 Å². The highest BCUT2D eigenvalue weighted by Gasteiger charge is 2.35. The van der Waals surface area contributed by atoms with Crippen LogP contribution in [0.1, 0.15) is 0 Å². The lowest BCUT2D eigenvalue weighted by Crippen LogP contribution is -2.63. The molecule has 0 aromatic carbocycles. The standard InChI is InChI=1S/C12H26N4/c1-13(2)11-9-10-12(14(3)4,15(5)6)16(7)8/h11H2,1-8H3. The van der Waals surface area contributed by atoms with Crippen LogP contribution < -0.4 is 0 Å². The van der Waals surface area contributed by atoms with Gasteiger partial charge < -0.3 is 0 Å². The maximum Gasteiger partial charge on any atom is 0.194 e. The summed E-state index contributed by atoms with van der Waals surface area (Å²) in [5.41, 5.74) is 0. The van der Waals surface area contributed by atoms with Gasteiger partial charge in [-0.3, -0.25) is 19.6 Å². The maximum absolute atomic E-state index is 3.35. The average Bonchev–Trinajstić information content (AvgIpc) is 2.09. The monoisotopic (exact) mass is 226 g/mol. The van der Waals surface area contributed by atoms with Crippen LogP contribution in [0.3, 0.4) is 0 Å². The van der Waals surface area contributed by atoms with Crippen molar-refractivity contribution >= 4 is 0 Å². The van der Waals surface area contributed by atoms with E-state index < -0.39 is 0 Å². The first kappa shape index (κ1) is 15.4. The van der Waals surface area contributed by atoms with E-state index in [0.717, 1.165) is 6.54 Å². The second-order valence-corrected chi connectivity index (χ2v) is 4.86. The third-order valence-electron chi connectivity index (χ3n) is 2.52. The SMILES string of the molecule is CN(C)CC#CC(N(C)C)(N(C)C)N(C)C. The van der Waals surface area contributed by atoms with E-state index in [-0.39, 0.29) is 5.79 Å². The summed E-state index contributed by atoms with van der Waals surface area (Å²) in [7, 11) is 16.3. The molecule has 4 heteroatoms. The van der Waals surface area contributed by atoms with Crippen LogP contribution in [-0.2, 0) is 0 Å². The smallest absolute Gasteiger partial charge is 0.194 e. The molecule has 0 heterocycles. The van der Waals surface area contributed by atoms with Gasteiger partial charge in [-0.25, -0.2) is 0 Å². The molecule has 0 aromatic rings. The summed E-state index contributed by atoms with van der Waals surface area (Å²) in [5, 5.41) is 0. The summed E-state index contributed by atoms with van der Waals surface area (Å²) >= 11 is 0. The van der Waals surface area contributed by atoms with E-state index in [1.54, 1.807) is 0 Å². The Morgan fingerprint density at radius 2 is 1.12 bits per heavy atom. The van der Waals surface area contributed by atoms with Crippen LogP contribution in [-0.4, -0.2) is 88.3 Å². The fourth-order valence-electron chi connectivity index (χ4n) is 1.85. The highest BCUT2D eigenvalue weighted by Crippen LogP contribution is 2.16. The van der Waals surface area contributed by atoms with Crippen LogP contribution in [0.25, 0.3) is 0 Å². The summed E-state index contributed by atoms with van der Waals surface area (Å²) in [6.45, 7) is 0.775. The van der Waals surface area contributed by atoms with Crippen molar-refractivity contribution in [3.8, 4) is 11.8 Å². The molecule has 16 heavy (non-hydrogen) atoms. The van der Waals surface area contributed by atoms with Gasteiger partial charge >= 0.3 is 0 Å². The maximum atomic E-state index is 3.35. The molecule has 0 aliphatic carbocycles. The minimum Gasteiger partial charge on any atom is -0.299 e. The molecule has 0 saturated heterocycles. The molecule has 0 aliphatic heterocycles. The number of nitrogens with zero attached hydrogens (tertiary/aromatic N) is 4. The number of hydrogen-bond acceptors (Lipinski definition) is 4. The Morgan fingerprint density at radius 1 is 0.750 bits per heavy atom. The van der Waals surface area contributed by atoms with Crippen molar-refractivity contribution < 1.29 is 0 Å². The zero-order chi connectivity index (χ0) is 12.9. The molecule has 94 valence electrons. The van der Waals surface area contributed by atoms with E-state index in [9.17, 15) is 0 Å². The van der Waals surface area contributed by atoms with Gasteiger partial charge in [0.15, 0.2) is 5.79 Å². The van der Waals surface area contributed by atoms with Crippen LogP contribution >= 0.6 is 0 Å². The Morgan fingerprint density at radius 3 is 1.38 bits per heavy atom. The molecule has 0 fully saturated rings. The third-order valence-corrected chi connectivity index (χ3v) is 2.52. The molecular weight excluding hydrogens is 200 g/mol. The predicted molar refractivity (Wildman–Crippen MR) is 70.1 cm³/mol. The Balaban J connectivity index is 5.10. The highest BCUT2D eigenvalue weighted by molar-refractivity contribution is 5.16. The molecule has 0 radical (unpaired) electrons. The van der Waals surface area contributed by atoms with E-state index in [4.69, 9.17) is 0 Å². The van der Waals surface area contributed by atoms with Gasteiger partial charge in [-0.1, -0.05) is 5.92 Å². The zero-order valence-electron chi connectivity index (χ0n) is 12.0. The molecule has 4 nitrogen and oxygen atoms in total. The van der Waals surface area contributed by atoms with Crippen molar-refractivity contribution in [1.82, 2.24) is 19.6 Å². The van der Waals surface area contributed by atoms with E-state index in [0.29, 0.717) is 0 Å². The van der Waals surface area contributed by atoms with Gasteiger partial charge in [-0.15, -0.1) is 0 Å². The summed E-state index contributed by atoms with van der Waals surface area (Å²) < 4.78 is 0. The van der Waals surface area contributed by atoms with Crippen molar-refractivity contribution in [3.63, 3.8) is 0 Å². The first-order valence-electron chi connectivity index (χ1n) is 5.42. The topological polar surface area (TPSA) is 13.0 Å². The van der Waals surface area contributed by atoms with Gasteiger partial charge in [0.1, 0.15) is 0 Å². The highest BCUT2D eigenvalue weighted by atomic mass is 15.5. The van der Waals surface area contributed by atoms with Gasteiger partial charge in [-0.2, -0.15) is 0 Å². The lowest BCUT2D eigenvalue weighted by atomic mass is 10.2. The fourth-order valence-corrected chi connectivity index (χ4v) is 1.85. The van der Waals surface area contributed by atoms with Gasteiger partial charge in [0.25, 0.3) is 0 Å². The molecule has 0 aliphatic rings. The molecule has 0 rings (SSSR count). The molecule has 0 N–H and O–H groups in total. The third kappa shape index (κ3) is 3.46. The quantitative estimate of drug-likeness (QED) is 0.490. The Bertz CT molecular complexity index is 236. The first-order valence-corrected chi connectivity index (χ1v) is 5.42. The van der Waals surface area contributed by atoms with Crippen molar-refractivity contribution in [2.24, 2.45) is 0 Å². The van der Waals surface area contributed by atoms with Crippen molar-refractivity contribution in [3.05, 3.63) is 0 Å². The van der Waals surface area contributed by atoms with Gasteiger partial charge in [0, 0.05) is 0 Å². The van der Waals surface area contributed by atoms with E-state index in [1.807, 2.05) is 56.4 Å². The molecule has 0 bridgehead atoms. The molecule has 0 aromatic heterocycles. The summed E-state index contributed by atoms with van der Waals surface area (Å²) in [4.78, 5) is 8.43. The van der Waals surface area contributed by atoms with Crippen LogP contribution in [0.15, 0.2) is 0 Å². The first-order chi connectivity index (χ1) is 7.25. The summed E-state index contributed by atoms with van der Waals surface area (Å²) in [6, 6.07) is 0. The fraction of sp³-hybridized carbons (Fsp3) is 0.833. The lowest BCUT2D eigenvalue weighted by molar-refractivity contribution is -0.0571. The number of rotatable bonds is 4. The van der Waals surface area contributed by atoms with E-state index >= 15 is 0 Å². The largest absolute Gasteiger partial charge is 0.299 e. The molecular formula is C12H26N4. The van der Waals surface area contributed by atoms with Crippen LogP contribution in [0, 0.1) is 11.8 Å². The molecule has 0 amide bonds. The Labute approximate surface area is 101 Å². The second kappa shape index (κ2) is 6.21. The molecule has 0 saturated carbocycles. The van der Waals surface area contributed by atoms with Crippen molar-refractivity contribution in [1.29, 1.82) is 0 Å². The zero-order valence-corrected chi connectivity index (χ0v) is 12.0. The molecule has 0 spiro atoms. The van der Waals surface area contributed by atoms with Crippen LogP contribution in [0.2, 0.25) is 0 Å². The average molecular weight is 226 g/mol. The Kier molecular flexibility index (Phi) is 5.98. The number of hydrogen-bond donors (Lipinski definition) is 0. The molecule has 0 unspecified atom stereocenters. The van der Waals surface area contributed by atoms with Crippen molar-refractivity contribution in [2.75, 3.05) is 62.9 Å². The predicted octanol–water partition coefficient (Wildman–Crippen LogP) is -0.110. The minimum atomic E-state index is -0.351. The van der Waals surface area contributed by atoms with Crippen LogP contribution in [0.4, 0.5) is 0 Å². The Hall–Kier alpha value is -0.600. The normalized spacial score (nSPS) is 12.5. The lowest BCUT2D eigenvalue weighted by Gasteiger charge is -2.45.